The Kier molecular flexibility index (Phi) is 24.4. The average molecular weight is 1940 g/mol. The Labute approximate surface area is 835 Å². The molecule has 4 fully saturated rings. The molecule has 6 aliphatic rings. The SMILES string of the molecule is Cc1cccc(NC(=O)C(Cc2ccncc2)N2C(=O)c3cc(Oc4cccc(-c5cccc(C(=O)NCC6CO6)c5)c4)c4c5c(Oc6cccc(-c7cccc(C(=O)NCC8CO8)c7)c6)cc6c7c(cc(Oc8cccc(-c9cccc(C(=O)NCC%10CO%10)c9)c8)c(c8c(Oc9cccc(-c%10cccc(C(=O)NCC%11CO%11)c%10)c9)cc(c3c48)C2=O)c75)C(=O)N(C(Cc2ccncc2)C(=O)Nc2cccc(C)c2)C6=O)c1. The van der Waals surface area contributed by atoms with E-state index in [1.54, 1.807) is 231 Å². The van der Waals surface area contributed by atoms with Crippen LogP contribution in [0, 0.1) is 13.8 Å². The summed E-state index contributed by atoms with van der Waals surface area (Å²) in [5.74, 6) is -6.46. The lowest BCUT2D eigenvalue weighted by Crippen LogP contribution is -2.53. The number of carbonyl (C=O) groups is 10. The smallest absolute Gasteiger partial charge is 0.262 e. The number of amides is 10. The first kappa shape index (κ1) is 91.8. The molecule has 28 nitrogen and oxygen atoms in total. The Morgan fingerprint density at radius 1 is 0.301 bits per heavy atom. The van der Waals surface area contributed by atoms with Gasteiger partial charge >= 0.3 is 0 Å². The molecule has 28 heteroatoms. The van der Waals surface area contributed by atoms with Gasteiger partial charge in [-0.3, -0.25) is 67.7 Å². The lowest BCUT2D eigenvalue weighted by atomic mass is 9.80. The Morgan fingerprint density at radius 3 is 0.801 bits per heavy atom. The van der Waals surface area contributed by atoms with Crippen molar-refractivity contribution in [2.24, 2.45) is 0 Å². The van der Waals surface area contributed by atoms with E-state index < -0.39 is 47.5 Å². The maximum atomic E-state index is 17.4. The molecule has 6 aliphatic heterocycles. The number of hydrogen-bond acceptors (Lipinski definition) is 20. The fraction of sp³-hybridized carbons (Fsp3) is 0.153. The number of carbonyl (C=O) groups excluding carboxylic acids is 10. The second-order valence-corrected chi connectivity index (χ2v) is 37.0. The first-order valence-corrected chi connectivity index (χ1v) is 48.0. The van der Waals surface area contributed by atoms with Crippen LogP contribution in [0.3, 0.4) is 0 Å². The van der Waals surface area contributed by atoms with E-state index in [0.717, 1.165) is 20.9 Å². The third-order valence-corrected chi connectivity index (χ3v) is 26.8. The van der Waals surface area contributed by atoms with Crippen molar-refractivity contribution in [3.63, 3.8) is 0 Å². The average Bonchev–Trinajstić information content (AvgIpc) is 1.17. The fourth-order valence-electron chi connectivity index (χ4n) is 19.2. The topological polar surface area (TPSA) is 362 Å². The van der Waals surface area contributed by atoms with E-state index in [4.69, 9.17) is 37.9 Å². The van der Waals surface area contributed by atoms with Crippen molar-refractivity contribution in [2.75, 3.05) is 63.2 Å². The van der Waals surface area contributed by atoms with Crippen molar-refractivity contribution in [3.8, 4) is 90.5 Å². The molecular formula is C118H90N10O18. The molecule has 720 valence electrons. The van der Waals surface area contributed by atoms with Crippen molar-refractivity contribution in [3.05, 3.63) is 383 Å². The van der Waals surface area contributed by atoms with Gasteiger partial charge in [-0.1, -0.05) is 121 Å². The van der Waals surface area contributed by atoms with E-state index in [1.165, 1.54) is 24.3 Å². The van der Waals surface area contributed by atoms with Gasteiger partial charge in [0.2, 0.25) is 11.8 Å². The van der Waals surface area contributed by atoms with Gasteiger partial charge in [-0.15, -0.1) is 0 Å². The van der Waals surface area contributed by atoms with Gasteiger partial charge < -0.3 is 69.8 Å². The molecule has 17 aromatic rings. The number of nitrogens with one attached hydrogen (secondary N) is 6. The van der Waals surface area contributed by atoms with Crippen LogP contribution < -0.4 is 50.8 Å². The highest BCUT2D eigenvalue weighted by Crippen LogP contribution is 2.59. The molecule has 15 aromatic carbocycles. The highest BCUT2D eigenvalue weighted by Gasteiger charge is 2.48. The van der Waals surface area contributed by atoms with Gasteiger partial charge in [-0.25, -0.2) is 0 Å². The van der Waals surface area contributed by atoms with Crippen LogP contribution >= 0.6 is 0 Å². The maximum absolute atomic E-state index is 17.4. The molecule has 2 aromatic heterocycles. The summed E-state index contributed by atoms with van der Waals surface area (Å²) in [4.78, 5) is 168. The number of fused-ring (bicyclic) bond motifs is 2. The van der Waals surface area contributed by atoms with E-state index in [-0.39, 0.29) is 172 Å². The summed E-state index contributed by atoms with van der Waals surface area (Å²) in [6, 6.07) is 80.3. The monoisotopic (exact) mass is 1930 g/mol. The van der Waals surface area contributed by atoms with E-state index in [1.807, 2.05) is 74.5 Å². The third-order valence-electron chi connectivity index (χ3n) is 26.8. The number of rotatable bonds is 34. The Morgan fingerprint density at radius 2 is 0.548 bits per heavy atom. The largest absolute Gasteiger partial charge is 0.457 e. The molecule has 4 saturated heterocycles. The third kappa shape index (κ3) is 19.0. The van der Waals surface area contributed by atoms with Crippen LogP contribution in [0.25, 0.3) is 87.6 Å². The van der Waals surface area contributed by atoms with E-state index in [2.05, 4.69) is 41.9 Å². The predicted molar refractivity (Wildman–Crippen MR) is 548 cm³/mol. The Balaban J connectivity index is 0.823. The Hall–Kier alpha value is -18.0. The minimum Gasteiger partial charge on any atom is -0.457 e. The normalized spacial score (nSPS) is 16.1. The minimum atomic E-state index is -1.63. The van der Waals surface area contributed by atoms with Gasteiger partial charge in [-0.05, 0) is 250 Å². The number of aryl methyl sites for hydroxylation is 2. The molecule has 8 heterocycles. The molecular weight excluding hydrogens is 1850 g/mol. The minimum absolute atomic E-state index is 0.0101. The number of ether oxygens (including phenoxy) is 8. The van der Waals surface area contributed by atoms with Crippen molar-refractivity contribution in [1.29, 1.82) is 0 Å². The quantitative estimate of drug-likeness (QED) is 0.00944. The first-order chi connectivity index (χ1) is 71.2. The van der Waals surface area contributed by atoms with Crippen molar-refractivity contribution in [1.82, 2.24) is 41.0 Å². The van der Waals surface area contributed by atoms with Gasteiger partial charge in [0, 0.05) is 141 Å². The molecule has 0 spiro atoms. The van der Waals surface area contributed by atoms with E-state index in [9.17, 15) is 19.2 Å². The molecule has 6 unspecified atom stereocenters. The van der Waals surface area contributed by atoms with Crippen LogP contribution in [0.1, 0.15) is 105 Å². The molecule has 0 aliphatic carbocycles. The zero-order chi connectivity index (χ0) is 99.5. The van der Waals surface area contributed by atoms with Crippen LogP contribution in [0.2, 0.25) is 0 Å². The molecule has 0 radical (unpaired) electrons. The van der Waals surface area contributed by atoms with Crippen LogP contribution in [0.15, 0.2) is 316 Å². The van der Waals surface area contributed by atoms with E-state index >= 15 is 28.8 Å². The highest BCUT2D eigenvalue weighted by molar-refractivity contribution is 6.45. The molecule has 10 amide bonds. The predicted octanol–water partition coefficient (Wildman–Crippen LogP) is 19.2. The number of benzene rings is 15. The summed E-state index contributed by atoms with van der Waals surface area (Å²) < 4.78 is 52.5. The lowest BCUT2D eigenvalue weighted by Gasteiger charge is -2.36. The number of epoxide rings is 4. The summed E-state index contributed by atoms with van der Waals surface area (Å²) in [5.41, 5.74) is 8.84. The lowest BCUT2D eigenvalue weighted by molar-refractivity contribution is -0.120. The fourth-order valence-corrected chi connectivity index (χ4v) is 19.2. The number of nitrogens with zero attached hydrogens (tertiary/aromatic N) is 4. The van der Waals surface area contributed by atoms with Gasteiger partial charge in [0.25, 0.3) is 47.3 Å². The molecule has 23 rings (SSSR count). The van der Waals surface area contributed by atoms with Gasteiger partial charge in [0.1, 0.15) is 58.1 Å². The zero-order valence-corrected chi connectivity index (χ0v) is 78.7. The molecule has 0 bridgehead atoms. The summed E-state index contributed by atoms with van der Waals surface area (Å²) in [5, 5.41) is 18.5. The molecule has 6 atom stereocenters. The maximum Gasteiger partial charge on any atom is 0.262 e. The molecule has 6 N–H and O–H groups in total. The summed E-state index contributed by atoms with van der Waals surface area (Å²) >= 11 is 0. The van der Waals surface area contributed by atoms with Crippen molar-refractivity contribution >= 4 is 114 Å². The second kappa shape index (κ2) is 38.8. The van der Waals surface area contributed by atoms with E-state index in [0.29, 0.717) is 142 Å². The second-order valence-electron chi connectivity index (χ2n) is 37.0. The Bertz CT molecular complexity index is 7410. The number of pyridine rings is 2. The van der Waals surface area contributed by atoms with Crippen LogP contribution in [0.5, 0.6) is 46.0 Å². The van der Waals surface area contributed by atoms with Gasteiger partial charge in [-0.2, -0.15) is 0 Å². The number of hydrogen-bond donors (Lipinski definition) is 6. The summed E-state index contributed by atoms with van der Waals surface area (Å²) in [6.45, 7) is 7.04. The summed E-state index contributed by atoms with van der Waals surface area (Å²) in [7, 11) is 0. The van der Waals surface area contributed by atoms with Crippen LogP contribution in [-0.4, -0.2) is 168 Å². The van der Waals surface area contributed by atoms with Crippen LogP contribution in [-0.2, 0) is 41.4 Å². The number of imide groups is 2. The zero-order valence-electron chi connectivity index (χ0n) is 78.7. The van der Waals surface area contributed by atoms with Gasteiger partial charge in [0.15, 0.2) is 0 Å². The number of anilines is 2. The van der Waals surface area contributed by atoms with Gasteiger partial charge in [0.05, 0.1) is 73.1 Å². The first-order valence-electron chi connectivity index (χ1n) is 48.0. The van der Waals surface area contributed by atoms with Crippen LogP contribution in [0.4, 0.5) is 11.4 Å². The van der Waals surface area contributed by atoms with Crippen molar-refractivity contribution < 1.29 is 85.8 Å². The highest BCUT2D eigenvalue weighted by atomic mass is 16.6. The molecule has 146 heavy (non-hydrogen) atoms. The van der Waals surface area contributed by atoms with Crippen molar-refractivity contribution in [2.45, 2.75) is 63.2 Å². The number of aromatic nitrogens is 2. The standard InChI is InChI=1S/C118H90N10O18/c1-65-13-3-27-81(41-65)125-113(133)95(43-67-33-37-119-38-34-67)127-115(135)91-53-97(143-83-29-9-19-73(49-83)69-15-5-23-77(45-69)109(129)121-57-87-61-139-87)103-105-99(145-85-31-11-21-75(51-85)71-17-7-25-79(47-71)111(131)123-59-89-63-141-89)55-93-102-94(118(138)128(117(93)137)96(44-68-35-39-120-40-36-68)114(134)126-82-28-4-14-66(2)42-82)56-100(146-86-32-12-22-76(52-86)72-18-8-26-80(48-72)112(132)124-60-90-64-142-90)106(108(102)105)104-98(54-92(116(127)136)101(91)107(103)104)144-84-30-10-20-74(50-84)70-16-6-24-78(46-70)110(130)122-58-88-62-140-88/h3-42,45-56,87-90,95-96H,43-44,57-64H2,1-2H3,(H,121,129)(H,122,130)(H,123,131)(H,124,132)(H,125,133)(H,126,134). The summed E-state index contributed by atoms with van der Waals surface area (Å²) in [6.07, 6.45) is 5.31. The molecule has 0 saturated carbocycles.